The summed E-state index contributed by atoms with van der Waals surface area (Å²) in [5.41, 5.74) is 1.67. The molecule has 11 heteroatoms. The van der Waals surface area contributed by atoms with Gasteiger partial charge in [0.2, 0.25) is 0 Å². The highest BCUT2D eigenvalue weighted by Gasteiger charge is 2.36. The summed E-state index contributed by atoms with van der Waals surface area (Å²) < 4.78 is 24.3. The minimum Gasteiger partial charge on any atom is -0.496 e. The maximum atomic E-state index is 14.2. The Morgan fingerprint density at radius 2 is 1.83 bits per heavy atom. The number of carbonyl (C=O) groups is 2. The number of halogens is 1. The van der Waals surface area contributed by atoms with Gasteiger partial charge >= 0.3 is 11.9 Å². The summed E-state index contributed by atoms with van der Waals surface area (Å²) in [6.07, 6.45) is 1.70. The Hall–Kier alpha value is -4.22. The molecule has 0 N–H and O–H groups in total. The Bertz CT molecular complexity index is 1960. The van der Waals surface area contributed by atoms with E-state index in [1.165, 1.54) is 29.9 Å². The van der Waals surface area contributed by atoms with Crippen LogP contribution in [0, 0.1) is 0 Å². The number of hydrogen-bond acceptors (Lipinski definition) is 9. The second kappa shape index (κ2) is 11.9. The first kappa shape index (κ1) is 29.3. The summed E-state index contributed by atoms with van der Waals surface area (Å²) in [5.74, 6) is 0.0349. The van der Waals surface area contributed by atoms with Gasteiger partial charge in [-0.2, -0.15) is 0 Å². The van der Waals surface area contributed by atoms with E-state index in [1.54, 1.807) is 39.2 Å². The third kappa shape index (κ3) is 5.25. The van der Waals surface area contributed by atoms with Crippen LogP contribution in [0.15, 0.2) is 74.1 Å². The Morgan fingerprint density at radius 1 is 1.10 bits per heavy atom. The molecule has 1 aromatic heterocycles. The van der Waals surface area contributed by atoms with Crippen molar-refractivity contribution in [1.29, 1.82) is 0 Å². The van der Waals surface area contributed by atoms with Crippen molar-refractivity contribution < 1.29 is 28.5 Å². The lowest BCUT2D eigenvalue weighted by Gasteiger charge is -2.27. The Balaban J connectivity index is 1.79. The zero-order valence-electron chi connectivity index (χ0n) is 23.5. The molecule has 0 saturated carbocycles. The van der Waals surface area contributed by atoms with Crippen molar-refractivity contribution in [2.45, 2.75) is 26.8 Å². The number of allylic oxidation sites excluding steroid dienone is 1. The molecule has 0 bridgehead atoms. The highest BCUT2D eigenvalue weighted by molar-refractivity contribution is 9.10. The van der Waals surface area contributed by atoms with E-state index >= 15 is 0 Å². The Morgan fingerprint density at radius 3 is 2.52 bits per heavy atom. The molecule has 42 heavy (non-hydrogen) atoms. The van der Waals surface area contributed by atoms with Crippen LogP contribution in [0.3, 0.4) is 0 Å². The van der Waals surface area contributed by atoms with E-state index in [9.17, 15) is 14.4 Å². The number of carbonyl (C=O) groups excluding carboxylic acids is 2. The molecular formula is C31H27BrN2O7S. The Kier molecular flexibility index (Phi) is 8.33. The molecule has 0 saturated heterocycles. The predicted octanol–water partition coefficient (Wildman–Crippen LogP) is 4.66. The molecule has 0 radical (unpaired) electrons. The zero-order valence-corrected chi connectivity index (χ0v) is 25.9. The molecule has 0 fully saturated rings. The number of aromatic nitrogens is 1. The van der Waals surface area contributed by atoms with Crippen LogP contribution in [0.25, 0.3) is 16.8 Å². The molecule has 0 spiro atoms. The zero-order chi connectivity index (χ0) is 30.1. The summed E-state index contributed by atoms with van der Waals surface area (Å²) in [6, 6.07) is 14.0. The fraction of sp³-hybridized carbons (Fsp3) is 0.226. The van der Waals surface area contributed by atoms with Gasteiger partial charge in [0.15, 0.2) is 16.3 Å². The van der Waals surface area contributed by atoms with E-state index in [1.807, 2.05) is 36.4 Å². The van der Waals surface area contributed by atoms with Crippen molar-refractivity contribution in [3.8, 4) is 17.2 Å². The molecule has 0 unspecified atom stereocenters. The molecule has 4 aromatic rings. The summed E-state index contributed by atoms with van der Waals surface area (Å²) in [4.78, 5) is 44.3. The minimum atomic E-state index is -0.851. The smallest absolute Gasteiger partial charge is 0.338 e. The molecule has 1 aliphatic rings. The van der Waals surface area contributed by atoms with Gasteiger partial charge in [0.25, 0.3) is 5.56 Å². The number of fused-ring (bicyclic) bond motifs is 2. The van der Waals surface area contributed by atoms with E-state index in [0.29, 0.717) is 42.1 Å². The number of ether oxygens (including phenoxy) is 4. The van der Waals surface area contributed by atoms with Crippen molar-refractivity contribution in [3.63, 3.8) is 0 Å². The number of thiazole rings is 1. The lowest BCUT2D eigenvalue weighted by atomic mass is 9.90. The lowest BCUT2D eigenvalue weighted by molar-refractivity contribution is -0.139. The third-order valence-electron chi connectivity index (χ3n) is 6.74. The summed E-state index contributed by atoms with van der Waals surface area (Å²) >= 11 is 4.63. The largest absolute Gasteiger partial charge is 0.496 e. The quantitative estimate of drug-likeness (QED) is 0.212. The van der Waals surface area contributed by atoms with E-state index in [2.05, 4.69) is 20.9 Å². The van der Waals surface area contributed by atoms with Crippen LogP contribution in [0.4, 0.5) is 0 Å². The van der Waals surface area contributed by atoms with Crippen LogP contribution in [0.2, 0.25) is 0 Å². The second-order valence-electron chi connectivity index (χ2n) is 9.33. The van der Waals surface area contributed by atoms with Gasteiger partial charge in [0.05, 0.1) is 41.1 Å². The average molecular weight is 652 g/mol. The van der Waals surface area contributed by atoms with Gasteiger partial charge in [-0.05, 0) is 70.4 Å². The minimum absolute atomic E-state index is 0.166. The van der Waals surface area contributed by atoms with E-state index in [-0.39, 0.29) is 23.5 Å². The lowest BCUT2D eigenvalue weighted by Crippen LogP contribution is -2.40. The first-order chi connectivity index (χ1) is 20.2. The highest BCUT2D eigenvalue weighted by atomic mass is 79.9. The number of hydrogen-bond donors (Lipinski definition) is 0. The van der Waals surface area contributed by atoms with Crippen LogP contribution >= 0.6 is 27.3 Å². The van der Waals surface area contributed by atoms with Crippen molar-refractivity contribution in [2.24, 2.45) is 4.99 Å². The van der Waals surface area contributed by atoms with Gasteiger partial charge < -0.3 is 18.9 Å². The van der Waals surface area contributed by atoms with Crippen molar-refractivity contribution in [3.05, 3.63) is 95.1 Å². The monoisotopic (exact) mass is 650 g/mol. The molecule has 0 amide bonds. The van der Waals surface area contributed by atoms with Crippen molar-refractivity contribution >= 4 is 56.1 Å². The summed E-state index contributed by atoms with van der Waals surface area (Å²) in [7, 11) is 3.02. The molecule has 3 aromatic carbocycles. The molecular weight excluding hydrogens is 624 g/mol. The molecule has 1 atom stereocenters. The Labute approximate surface area is 253 Å². The third-order valence-corrected chi connectivity index (χ3v) is 8.31. The number of esters is 2. The van der Waals surface area contributed by atoms with Crippen molar-refractivity contribution in [1.82, 2.24) is 4.57 Å². The maximum Gasteiger partial charge on any atom is 0.338 e. The fourth-order valence-electron chi connectivity index (χ4n) is 5.02. The van der Waals surface area contributed by atoms with Gasteiger partial charge in [-0.15, -0.1) is 0 Å². The molecule has 5 rings (SSSR count). The van der Waals surface area contributed by atoms with Gasteiger partial charge in [-0.1, -0.05) is 41.7 Å². The van der Waals surface area contributed by atoms with E-state index < -0.39 is 18.0 Å². The SMILES string of the molecule is CCOC(=O)C1=C(C)N=c2s/c(=C\c3cc(Br)c(OC(C)=O)c(OC)c3)c(=O)n2[C@@H]1c1c(OC)ccc2ccccc12. The van der Waals surface area contributed by atoms with E-state index in [0.717, 1.165) is 10.8 Å². The fourth-order valence-corrected chi connectivity index (χ4v) is 6.60. The summed E-state index contributed by atoms with van der Waals surface area (Å²) in [6.45, 7) is 4.94. The van der Waals surface area contributed by atoms with Crippen LogP contribution in [0.1, 0.15) is 37.9 Å². The molecule has 0 aliphatic carbocycles. The number of benzene rings is 3. The second-order valence-corrected chi connectivity index (χ2v) is 11.2. The number of rotatable bonds is 7. The van der Waals surface area contributed by atoms with Gasteiger partial charge in [0.1, 0.15) is 11.8 Å². The van der Waals surface area contributed by atoms with Crippen LogP contribution in [-0.4, -0.2) is 37.3 Å². The van der Waals surface area contributed by atoms with Crippen LogP contribution < -0.4 is 29.1 Å². The van der Waals surface area contributed by atoms with Crippen molar-refractivity contribution in [2.75, 3.05) is 20.8 Å². The first-order valence-electron chi connectivity index (χ1n) is 13.0. The van der Waals surface area contributed by atoms with E-state index in [4.69, 9.17) is 18.9 Å². The molecule has 2 heterocycles. The van der Waals surface area contributed by atoms with Gasteiger partial charge in [0, 0.05) is 12.5 Å². The average Bonchev–Trinajstić information content (AvgIpc) is 3.26. The van der Waals surface area contributed by atoms with Crippen LogP contribution in [0.5, 0.6) is 17.2 Å². The topological polar surface area (TPSA) is 105 Å². The van der Waals surface area contributed by atoms with Gasteiger partial charge in [-0.3, -0.25) is 14.2 Å². The first-order valence-corrected chi connectivity index (χ1v) is 14.6. The normalized spacial score (nSPS) is 14.8. The number of methoxy groups -OCH3 is 2. The maximum absolute atomic E-state index is 14.2. The molecule has 1 aliphatic heterocycles. The number of nitrogens with zero attached hydrogens (tertiary/aromatic N) is 2. The molecule has 216 valence electrons. The van der Waals surface area contributed by atoms with Crippen LogP contribution in [-0.2, 0) is 14.3 Å². The predicted molar refractivity (Wildman–Crippen MR) is 163 cm³/mol. The highest BCUT2D eigenvalue weighted by Crippen LogP contribution is 2.40. The summed E-state index contributed by atoms with van der Waals surface area (Å²) in [5, 5.41) is 1.76. The molecule has 9 nitrogen and oxygen atoms in total. The van der Waals surface area contributed by atoms with Gasteiger partial charge in [-0.25, -0.2) is 9.79 Å². The standard InChI is InChI=1S/C31H27BrN2O7S/c1-6-40-30(37)25-16(2)33-31-34(27(25)26-20-10-8-7-9-19(20)11-12-22(26)38-4)29(36)24(42-31)15-18-13-21(32)28(41-17(3)35)23(14-18)39-5/h7-15,27H,6H2,1-5H3/b24-15-/t27-/m0/s1.